The zero-order chi connectivity index (χ0) is 18.8. The molecular formula is C22H24N6. The van der Waals surface area contributed by atoms with E-state index in [0.29, 0.717) is 6.04 Å². The molecule has 0 atom stereocenters. The molecule has 2 aliphatic rings. The molecule has 3 N–H and O–H groups in total. The number of piperidine rings is 1. The summed E-state index contributed by atoms with van der Waals surface area (Å²) in [4.78, 5) is 4.75. The van der Waals surface area contributed by atoms with Gasteiger partial charge in [0, 0.05) is 41.3 Å². The van der Waals surface area contributed by atoms with E-state index in [2.05, 4.69) is 50.1 Å². The number of para-hydroxylation sites is 1. The van der Waals surface area contributed by atoms with Gasteiger partial charge in [-0.25, -0.2) is 4.98 Å². The third-order valence-corrected chi connectivity index (χ3v) is 5.50. The predicted molar refractivity (Wildman–Crippen MR) is 112 cm³/mol. The molecule has 0 spiro atoms. The van der Waals surface area contributed by atoms with Gasteiger partial charge in [-0.15, -0.1) is 0 Å². The molecular weight excluding hydrogens is 348 g/mol. The van der Waals surface area contributed by atoms with Crippen LogP contribution < -0.4 is 16.0 Å². The molecule has 1 fully saturated rings. The fourth-order valence-corrected chi connectivity index (χ4v) is 3.98. The maximum atomic E-state index is 4.75. The third-order valence-electron chi connectivity index (χ3n) is 5.50. The summed E-state index contributed by atoms with van der Waals surface area (Å²) in [6.07, 6.45) is 12.5. The highest BCUT2D eigenvalue weighted by molar-refractivity contribution is 5.80. The Bertz CT molecular complexity index is 986. The number of nitrogens with zero attached hydrogens (tertiary/aromatic N) is 3. The van der Waals surface area contributed by atoms with E-state index < -0.39 is 0 Å². The van der Waals surface area contributed by atoms with Crippen molar-refractivity contribution in [3.63, 3.8) is 0 Å². The molecule has 1 saturated heterocycles. The zero-order valence-electron chi connectivity index (χ0n) is 15.7. The SMILES string of the molecule is C1=Cc2c(-c3cnn(C4CCNCC4)c3)cnc(Nc3ccccc3)c2CN1. The lowest BCUT2D eigenvalue weighted by atomic mass is 9.97. The molecule has 0 unspecified atom stereocenters. The number of hydrogen-bond acceptors (Lipinski definition) is 5. The van der Waals surface area contributed by atoms with Gasteiger partial charge in [0.1, 0.15) is 5.82 Å². The Morgan fingerprint density at radius 3 is 2.79 bits per heavy atom. The Morgan fingerprint density at radius 2 is 1.93 bits per heavy atom. The lowest BCUT2D eigenvalue weighted by molar-refractivity contribution is 0.343. The first kappa shape index (κ1) is 17.0. The molecule has 0 amide bonds. The average Bonchev–Trinajstić information content (AvgIpc) is 3.25. The maximum Gasteiger partial charge on any atom is 0.135 e. The maximum absolute atomic E-state index is 4.75. The van der Waals surface area contributed by atoms with Gasteiger partial charge in [0.25, 0.3) is 0 Å². The summed E-state index contributed by atoms with van der Waals surface area (Å²) < 4.78 is 2.13. The van der Waals surface area contributed by atoms with Crippen molar-refractivity contribution in [2.45, 2.75) is 25.4 Å². The highest BCUT2D eigenvalue weighted by Crippen LogP contribution is 2.33. The Labute approximate surface area is 164 Å². The smallest absolute Gasteiger partial charge is 0.135 e. The molecule has 5 rings (SSSR count). The second-order valence-corrected chi connectivity index (χ2v) is 7.31. The first-order valence-electron chi connectivity index (χ1n) is 9.87. The number of nitrogens with one attached hydrogen (secondary N) is 3. The van der Waals surface area contributed by atoms with E-state index in [9.17, 15) is 0 Å². The molecule has 0 saturated carbocycles. The molecule has 0 bridgehead atoms. The van der Waals surface area contributed by atoms with Crippen molar-refractivity contribution in [2.75, 3.05) is 18.4 Å². The Morgan fingerprint density at radius 1 is 1.07 bits per heavy atom. The van der Waals surface area contributed by atoms with Gasteiger partial charge in [-0.05, 0) is 55.9 Å². The van der Waals surface area contributed by atoms with E-state index in [1.54, 1.807) is 0 Å². The van der Waals surface area contributed by atoms with Gasteiger partial charge in [0.05, 0.1) is 12.2 Å². The summed E-state index contributed by atoms with van der Waals surface area (Å²) in [6, 6.07) is 10.7. The zero-order valence-corrected chi connectivity index (χ0v) is 15.7. The van der Waals surface area contributed by atoms with E-state index in [1.165, 1.54) is 11.1 Å². The van der Waals surface area contributed by atoms with E-state index in [-0.39, 0.29) is 0 Å². The number of benzene rings is 1. The monoisotopic (exact) mass is 372 g/mol. The van der Waals surface area contributed by atoms with E-state index in [0.717, 1.165) is 55.1 Å². The van der Waals surface area contributed by atoms with Gasteiger partial charge >= 0.3 is 0 Å². The van der Waals surface area contributed by atoms with Gasteiger partial charge < -0.3 is 16.0 Å². The van der Waals surface area contributed by atoms with E-state index >= 15 is 0 Å². The van der Waals surface area contributed by atoms with Crippen LogP contribution in [-0.2, 0) is 6.54 Å². The van der Waals surface area contributed by atoms with Crippen LogP contribution in [0.3, 0.4) is 0 Å². The summed E-state index contributed by atoms with van der Waals surface area (Å²) in [5.74, 6) is 0.896. The highest BCUT2D eigenvalue weighted by atomic mass is 15.3. The number of fused-ring (bicyclic) bond motifs is 1. The van der Waals surface area contributed by atoms with Gasteiger partial charge in [-0.1, -0.05) is 18.2 Å². The summed E-state index contributed by atoms with van der Waals surface area (Å²) in [5, 5.41) is 14.8. The predicted octanol–water partition coefficient (Wildman–Crippen LogP) is 3.69. The summed E-state index contributed by atoms with van der Waals surface area (Å²) in [5.41, 5.74) is 5.68. The number of aromatic nitrogens is 3. The number of rotatable bonds is 4. The van der Waals surface area contributed by atoms with Crippen molar-refractivity contribution >= 4 is 17.6 Å². The Hall–Kier alpha value is -3.12. The second-order valence-electron chi connectivity index (χ2n) is 7.31. The Kier molecular flexibility index (Phi) is 4.54. The molecule has 142 valence electrons. The minimum atomic E-state index is 0.481. The molecule has 4 heterocycles. The van der Waals surface area contributed by atoms with E-state index in [1.807, 2.05) is 36.8 Å². The van der Waals surface area contributed by atoms with Crippen LogP contribution in [0.5, 0.6) is 0 Å². The van der Waals surface area contributed by atoms with Crippen LogP contribution >= 0.6 is 0 Å². The second kappa shape index (κ2) is 7.48. The standard InChI is InChI=1S/C22H24N6/c1-2-4-17(5-3-1)27-22-21-13-24-11-8-19(21)20(14-25-22)16-12-26-28(15-16)18-6-9-23-10-7-18/h1-5,8,11-12,14-15,18,23-24H,6-7,9-10,13H2,(H,25,27). The summed E-state index contributed by atoms with van der Waals surface area (Å²) in [6.45, 7) is 2.88. The van der Waals surface area contributed by atoms with Crippen LogP contribution in [-0.4, -0.2) is 27.9 Å². The third kappa shape index (κ3) is 3.27. The quantitative estimate of drug-likeness (QED) is 0.652. The Balaban J connectivity index is 1.49. The molecule has 2 aliphatic heterocycles. The van der Waals surface area contributed by atoms with E-state index in [4.69, 9.17) is 4.98 Å². The molecule has 6 heteroatoms. The van der Waals surface area contributed by atoms with Crippen LogP contribution in [0.15, 0.2) is 55.1 Å². The van der Waals surface area contributed by atoms with Crippen LogP contribution in [0.2, 0.25) is 0 Å². The normalized spacial score (nSPS) is 16.4. The van der Waals surface area contributed by atoms with Crippen LogP contribution in [0.25, 0.3) is 17.2 Å². The molecule has 3 aromatic rings. The number of pyridine rings is 1. The molecule has 2 aromatic heterocycles. The topological polar surface area (TPSA) is 66.8 Å². The highest BCUT2D eigenvalue weighted by Gasteiger charge is 2.20. The van der Waals surface area contributed by atoms with Gasteiger partial charge in [-0.2, -0.15) is 5.10 Å². The molecule has 6 nitrogen and oxygen atoms in total. The summed E-state index contributed by atoms with van der Waals surface area (Å²) in [7, 11) is 0. The fourth-order valence-electron chi connectivity index (χ4n) is 3.98. The first-order valence-corrected chi connectivity index (χ1v) is 9.87. The van der Waals surface area contributed by atoms with Crippen molar-refractivity contribution in [3.8, 4) is 11.1 Å². The lowest BCUT2D eigenvalue weighted by Gasteiger charge is -2.23. The van der Waals surface area contributed by atoms with Crippen molar-refractivity contribution in [1.29, 1.82) is 0 Å². The molecule has 28 heavy (non-hydrogen) atoms. The van der Waals surface area contributed by atoms with Crippen molar-refractivity contribution in [3.05, 3.63) is 66.2 Å². The largest absolute Gasteiger partial charge is 0.387 e. The molecule has 1 aromatic carbocycles. The average molecular weight is 372 g/mol. The van der Waals surface area contributed by atoms with Crippen LogP contribution in [0, 0.1) is 0 Å². The summed E-state index contributed by atoms with van der Waals surface area (Å²) >= 11 is 0. The molecule has 0 radical (unpaired) electrons. The van der Waals surface area contributed by atoms with Crippen molar-refractivity contribution < 1.29 is 0 Å². The van der Waals surface area contributed by atoms with Gasteiger partial charge in [0.2, 0.25) is 0 Å². The van der Waals surface area contributed by atoms with Crippen LogP contribution in [0.1, 0.15) is 30.0 Å². The minimum Gasteiger partial charge on any atom is -0.387 e. The first-order chi connectivity index (χ1) is 13.9. The van der Waals surface area contributed by atoms with Crippen molar-refractivity contribution in [2.24, 2.45) is 0 Å². The minimum absolute atomic E-state index is 0.481. The number of hydrogen-bond donors (Lipinski definition) is 3. The van der Waals surface area contributed by atoms with Crippen molar-refractivity contribution in [1.82, 2.24) is 25.4 Å². The molecule has 0 aliphatic carbocycles. The number of anilines is 2. The van der Waals surface area contributed by atoms with Gasteiger partial charge in [-0.3, -0.25) is 4.68 Å². The van der Waals surface area contributed by atoms with Crippen LogP contribution in [0.4, 0.5) is 11.5 Å². The van der Waals surface area contributed by atoms with Gasteiger partial charge in [0.15, 0.2) is 0 Å². The lowest BCUT2D eigenvalue weighted by Crippen LogP contribution is -2.29. The fraction of sp³-hybridized carbons (Fsp3) is 0.273.